The fourth-order valence-corrected chi connectivity index (χ4v) is 2.94. The minimum Gasteiger partial charge on any atom is -0.394 e. The molecule has 1 aliphatic carbocycles. The standard InChI is InChI=1S/C14H18ClN5O3/c1-2-3-23-9(5-21)11(22)7-4-8(7)20-6-17-10-12(16)18-14(15)19-13(10)20/h2,6-9,11,21-22H,1,3-5H2,(H2,16,18,19). The summed E-state index contributed by atoms with van der Waals surface area (Å²) in [5.74, 6) is 0.156. The predicted molar refractivity (Wildman–Crippen MR) is 84.9 cm³/mol. The van der Waals surface area contributed by atoms with Gasteiger partial charge in [0.1, 0.15) is 11.6 Å². The van der Waals surface area contributed by atoms with Gasteiger partial charge in [0.15, 0.2) is 11.5 Å². The first-order valence-corrected chi connectivity index (χ1v) is 7.61. The summed E-state index contributed by atoms with van der Waals surface area (Å²) in [7, 11) is 0. The van der Waals surface area contributed by atoms with Crippen LogP contribution in [0.1, 0.15) is 12.5 Å². The van der Waals surface area contributed by atoms with Crippen LogP contribution in [0.5, 0.6) is 0 Å². The van der Waals surface area contributed by atoms with E-state index in [0.29, 0.717) is 11.2 Å². The molecule has 0 spiro atoms. The van der Waals surface area contributed by atoms with Gasteiger partial charge in [-0.2, -0.15) is 9.97 Å². The van der Waals surface area contributed by atoms with Gasteiger partial charge in [0, 0.05) is 12.0 Å². The smallest absolute Gasteiger partial charge is 0.226 e. The molecule has 4 N–H and O–H groups in total. The largest absolute Gasteiger partial charge is 0.394 e. The Labute approximate surface area is 137 Å². The zero-order valence-electron chi connectivity index (χ0n) is 12.3. The van der Waals surface area contributed by atoms with Crippen molar-refractivity contribution in [2.45, 2.75) is 24.7 Å². The molecular weight excluding hydrogens is 322 g/mol. The first-order valence-electron chi connectivity index (χ1n) is 7.23. The molecule has 9 heteroatoms. The third kappa shape index (κ3) is 3.02. The maximum absolute atomic E-state index is 10.4. The van der Waals surface area contributed by atoms with Crippen LogP contribution in [-0.2, 0) is 4.74 Å². The van der Waals surface area contributed by atoms with Gasteiger partial charge in [0.2, 0.25) is 5.28 Å². The van der Waals surface area contributed by atoms with E-state index in [1.165, 1.54) is 0 Å². The number of hydrogen-bond acceptors (Lipinski definition) is 7. The monoisotopic (exact) mass is 339 g/mol. The van der Waals surface area contributed by atoms with E-state index in [1.54, 1.807) is 12.4 Å². The topological polar surface area (TPSA) is 119 Å². The lowest BCUT2D eigenvalue weighted by Crippen LogP contribution is -2.34. The number of aromatic nitrogens is 4. The Kier molecular flexibility index (Phi) is 4.49. The average Bonchev–Trinajstić information content (AvgIpc) is 3.20. The van der Waals surface area contributed by atoms with Crippen molar-refractivity contribution in [3.63, 3.8) is 0 Å². The Morgan fingerprint density at radius 2 is 2.35 bits per heavy atom. The van der Waals surface area contributed by atoms with Crippen LogP contribution in [0, 0.1) is 5.92 Å². The van der Waals surface area contributed by atoms with Gasteiger partial charge in [-0.05, 0) is 18.0 Å². The molecule has 3 rings (SSSR count). The molecule has 0 radical (unpaired) electrons. The Balaban J connectivity index is 1.79. The lowest BCUT2D eigenvalue weighted by atomic mass is 10.1. The molecule has 2 aromatic heterocycles. The summed E-state index contributed by atoms with van der Waals surface area (Å²) in [5.41, 5.74) is 6.81. The lowest BCUT2D eigenvalue weighted by molar-refractivity contribution is -0.0634. The minimum atomic E-state index is -0.794. The molecule has 1 aliphatic rings. The summed E-state index contributed by atoms with van der Waals surface area (Å²) in [4.78, 5) is 12.2. The molecule has 1 saturated carbocycles. The van der Waals surface area contributed by atoms with Crippen molar-refractivity contribution in [3.8, 4) is 0 Å². The summed E-state index contributed by atoms with van der Waals surface area (Å²) < 4.78 is 7.21. The second-order valence-corrected chi connectivity index (χ2v) is 5.84. The van der Waals surface area contributed by atoms with Crippen LogP contribution < -0.4 is 5.73 Å². The molecule has 124 valence electrons. The Morgan fingerprint density at radius 3 is 3.04 bits per heavy atom. The summed E-state index contributed by atoms with van der Waals surface area (Å²) in [6, 6.07) is 0.00162. The fourth-order valence-electron chi connectivity index (χ4n) is 2.77. The van der Waals surface area contributed by atoms with E-state index >= 15 is 0 Å². The quantitative estimate of drug-likeness (QED) is 0.497. The number of aliphatic hydroxyl groups is 2. The first kappa shape index (κ1) is 16.1. The number of ether oxygens (including phenoxy) is 1. The van der Waals surface area contributed by atoms with Gasteiger partial charge < -0.3 is 25.3 Å². The molecule has 4 unspecified atom stereocenters. The van der Waals surface area contributed by atoms with Crippen molar-refractivity contribution in [1.82, 2.24) is 19.5 Å². The second kappa shape index (κ2) is 6.40. The number of hydrogen-bond donors (Lipinski definition) is 3. The van der Waals surface area contributed by atoms with Crippen molar-refractivity contribution in [2.75, 3.05) is 18.9 Å². The van der Waals surface area contributed by atoms with Gasteiger partial charge in [-0.1, -0.05) is 6.08 Å². The van der Waals surface area contributed by atoms with Crippen LogP contribution in [0.15, 0.2) is 19.0 Å². The Morgan fingerprint density at radius 1 is 1.57 bits per heavy atom. The highest BCUT2D eigenvalue weighted by Gasteiger charge is 2.47. The van der Waals surface area contributed by atoms with Crippen LogP contribution in [0.25, 0.3) is 11.2 Å². The molecular formula is C14H18ClN5O3. The van der Waals surface area contributed by atoms with Gasteiger partial charge in [0.05, 0.1) is 25.6 Å². The number of halogens is 1. The van der Waals surface area contributed by atoms with Gasteiger partial charge in [-0.25, -0.2) is 4.98 Å². The highest BCUT2D eigenvalue weighted by Crippen LogP contribution is 2.48. The zero-order chi connectivity index (χ0) is 16.6. The predicted octanol–water partition coefficient (Wildman–Crippen LogP) is 0.547. The lowest BCUT2D eigenvalue weighted by Gasteiger charge is -2.21. The molecule has 0 amide bonds. The average molecular weight is 340 g/mol. The van der Waals surface area contributed by atoms with Crippen molar-refractivity contribution in [2.24, 2.45) is 5.92 Å². The summed E-state index contributed by atoms with van der Waals surface area (Å²) >= 11 is 5.85. The number of anilines is 1. The van der Waals surface area contributed by atoms with Crippen LogP contribution in [0.4, 0.5) is 5.82 Å². The number of rotatable bonds is 7. The number of nitrogens with two attached hydrogens (primary N) is 1. The SMILES string of the molecule is C=CCOC(CO)C(O)C1CC1n1cnc2c(N)nc(Cl)nc21. The number of imidazole rings is 1. The summed E-state index contributed by atoms with van der Waals surface area (Å²) in [5, 5.41) is 19.8. The second-order valence-electron chi connectivity index (χ2n) is 5.50. The maximum atomic E-state index is 10.4. The third-order valence-electron chi connectivity index (χ3n) is 4.01. The Hall–Kier alpha value is -1.74. The van der Waals surface area contributed by atoms with Crippen molar-refractivity contribution in [3.05, 3.63) is 24.3 Å². The van der Waals surface area contributed by atoms with Crippen LogP contribution >= 0.6 is 11.6 Å². The minimum absolute atomic E-state index is 0.00162. The highest BCUT2D eigenvalue weighted by molar-refractivity contribution is 6.28. The molecule has 8 nitrogen and oxygen atoms in total. The van der Waals surface area contributed by atoms with E-state index < -0.39 is 12.2 Å². The molecule has 0 bridgehead atoms. The number of nitrogen functional groups attached to an aromatic ring is 1. The normalized spacial score (nSPS) is 22.9. The molecule has 2 aromatic rings. The van der Waals surface area contributed by atoms with E-state index in [0.717, 1.165) is 6.42 Å². The molecule has 2 heterocycles. The maximum Gasteiger partial charge on any atom is 0.226 e. The van der Waals surface area contributed by atoms with Gasteiger partial charge in [-0.15, -0.1) is 6.58 Å². The van der Waals surface area contributed by atoms with Crippen molar-refractivity contribution in [1.29, 1.82) is 0 Å². The molecule has 23 heavy (non-hydrogen) atoms. The van der Waals surface area contributed by atoms with Crippen LogP contribution in [0.2, 0.25) is 5.28 Å². The van der Waals surface area contributed by atoms with Crippen molar-refractivity contribution >= 4 is 28.6 Å². The van der Waals surface area contributed by atoms with E-state index in [9.17, 15) is 10.2 Å². The van der Waals surface area contributed by atoms with E-state index in [4.69, 9.17) is 22.1 Å². The molecule has 0 aromatic carbocycles. The molecule has 4 atom stereocenters. The molecule has 0 saturated heterocycles. The van der Waals surface area contributed by atoms with E-state index in [2.05, 4.69) is 21.5 Å². The fraction of sp³-hybridized carbons (Fsp3) is 0.500. The number of fused-ring (bicyclic) bond motifs is 1. The van der Waals surface area contributed by atoms with Gasteiger partial charge >= 0.3 is 0 Å². The third-order valence-corrected chi connectivity index (χ3v) is 4.18. The van der Waals surface area contributed by atoms with Crippen molar-refractivity contribution < 1.29 is 14.9 Å². The number of nitrogens with zero attached hydrogens (tertiary/aromatic N) is 4. The highest BCUT2D eigenvalue weighted by atomic mass is 35.5. The van der Waals surface area contributed by atoms with Gasteiger partial charge in [0.25, 0.3) is 0 Å². The molecule has 1 fully saturated rings. The summed E-state index contributed by atoms with van der Waals surface area (Å²) in [6.07, 6.45) is 2.47. The summed E-state index contributed by atoms with van der Waals surface area (Å²) in [6.45, 7) is 3.56. The van der Waals surface area contributed by atoms with E-state index in [-0.39, 0.29) is 36.3 Å². The Bertz CT molecular complexity index is 722. The zero-order valence-corrected chi connectivity index (χ0v) is 13.1. The van der Waals surface area contributed by atoms with Crippen LogP contribution in [-0.4, -0.2) is 55.2 Å². The first-order chi connectivity index (χ1) is 11.1. The van der Waals surface area contributed by atoms with E-state index in [1.807, 2.05) is 4.57 Å². The van der Waals surface area contributed by atoms with Gasteiger partial charge in [-0.3, -0.25) is 0 Å². The van der Waals surface area contributed by atoms with Crippen LogP contribution in [0.3, 0.4) is 0 Å². The number of aliphatic hydroxyl groups excluding tert-OH is 2. The molecule has 0 aliphatic heterocycles.